The van der Waals surface area contributed by atoms with E-state index in [1.54, 1.807) is 19.9 Å². The average Bonchev–Trinajstić information content (AvgIpc) is 2.14. The van der Waals surface area contributed by atoms with Gasteiger partial charge in [0.05, 0.1) is 7.11 Å². The lowest BCUT2D eigenvalue weighted by molar-refractivity contribution is -0.151. The molecule has 0 heterocycles. The number of carbonyl (C=O) groups is 2. The summed E-state index contributed by atoms with van der Waals surface area (Å²) >= 11 is 0. The second-order valence-electron chi connectivity index (χ2n) is 3.28. The Morgan fingerprint density at radius 3 is 2.43 bits per heavy atom. The minimum absolute atomic E-state index is 0.0766. The molecule has 0 bridgehead atoms. The predicted octanol–water partition coefficient (Wildman–Crippen LogP) is 0.734. The van der Waals surface area contributed by atoms with Crippen LogP contribution in [0.5, 0.6) is 0 Å². The van der Waals surface area contributed by atoms with Crippen LogP contribution in [0.15, 0.2) is 12.7 Å². The van der Waals surface area contributed by atoms with Crippen LogP contribution in [0.1, 0.15) is 13.8 Å². The summed E-state index contributed by atoms with van der Waals surface area (Å²) in [7, 11) is 1.28. The monoisotopic (exact) mass is 199 g/mol. The maximum atomic E-state index is 11.5. The first-order chi connectivity index (χ1) is 6.54. The van der Waals surface area contributed by atoms with E-state index in [0.717, 1.165) is 0 Å². The SMILES string of the molecule is C=CCNC(=O)C(C(=O)OC)C(C)C. The average molecular weight is 199 g/mol. The van der Waals surface area contributed by atoms with Crippen molar-refractivity contribution in [2.75, 3.05) is 13.7 Å². The van der Waals surface area contributed by atoms with Gasteiger partial charge in [0, 0.05) is 6.54 Å². The Labute approximate surface area is 84.3 Å². The van der Waals surface area contributed by atoms with E-state index in [0.29, 0.717) is 6.54 Å². The molecule has 0 saturated heterocycles. The lowest BCUT2D eigenvalue weighted by atomic mass is 9.95. The smallest absolute Gasteiger partial charge is 0.318 e. The van der Waals surface area contributed by atoms with Crippen LogP contribution in [0, 0.1) is 11.8 Å². The topological polar surface area (TPSA) is 55.4 Å². The zero-order valence-corrected chi connectivity index (χ0v) is 8.87. The van der Waals surface area contributed by atoms with Crippen molar-refractivity contribution in [1.29, 1.82) is 0 Å². The highest BCUT2D eigenvalue weighted by Crippen LogP contribution is 2.12. The number of carbonyl (C=O) groups excluding carboxylic acids is 2. The summed E-state index contributed by atoms with van der Waals surface area (Å²) < 4.78 is 4.55. The number of ether oxygens (including phenoxy) is 1. The molecule has 4 nitrogen and oxygen atoms in total. The van der Waals surface area contributed by atoms with Crippen LogP contribution in [-0.2, 0) is 14.3 Å². The number of methoxy groups -OCH3 is 1. The first-order valence-electron chi connectivity index (χ1n) is 4.51. The van der Waals surface area contributed by atoms with Gasteiger partial charge in [-0.2, -0.15) is 0 Å². The molecule has 0 saturated carbocycles. The van der Waals surface area contributed by atoms with E-state index in [1.807, 2.05) is 0 Å². The molecule has 1 unspecified atom stereocenters. The van der Waals surface area contributed by atoms with E-state index in [9.17, 15) is 9.59 Å². The maximum Gasteiger partial charge on any atom is 0.318 e. The Hall–Kier alpha value is -1.32. The zero-order chi connectivity index (χ0) is 11.1. The third kappa shape index (κ3) is 3.60. The highest BCUT2D eigenvalue weighted by atomic mass is 16.5. The highest BCUT2D eigenvalue weighted by molar-refractivity contribution is 5.98. The molecule has 0 aromatic rings. The molecule has 1 N–H and O–H groups in total. The number of rotatable bonds is 5. The molecule has 1 amide bonds. The number of amides is 1. The third-order valence-corrected chi connectivity index (χ3v) is 1.82. The first-order valence-corrected chi connectivity index (χ1v) is 4.51. The van der Waals surface area contributed by atoms with Gasteiger partial charge in [0.15, 0.2) is 0 Å². The predicted molar refractivity (Wildman–Crippen MR) is 53.6 cm³/mol. The molecule has 0 aliphatic rings. The fourth-order valence-corrected chi connectivity index (χ4v) is 1.09. The Balaban J connectivity index is 4.41. The number of nitrogens with one attached hydrogen (secondary N) is 1. The van der Waals surface area contributed by atoms with Crippen molar-refractivity contribution in [3.05, 3.63) is 12.7 Å². The molecular formula is C10H17NO3. The van der Waals surface area contributed by atoms with Gasteiger partial charge in [-0.15, -0.1) is 6.58 Å². The number of hydrogen-bond donors (Lipinski definition) is 1. The van der Waals surface area contributed by atoms with Gasteiger partial charge in [-0.05, 0) is 5.92 Å². The van der Waals surface area contributed by atoms with Gasteiger partial charge in [0.1, 0.15) is 5.92 Å². The molecule has 80 valence electrons. The summed E-state index contributed by atoms with van der Waals surface area (Å²) in [6, 6.07) is 0. The van der Waals surface area contributed by atoms with E-state index in [4.69, 9.17) is 0 Å². The normalized spacial score (nSPS) is 12.0. The Kier molecular flexibility index (Phi) is 5.60. The van der Waals surface area contributed by atoms with E-state index < -0.39 is 11.9 Å². The summed E-state index contributed by atoms with van der Waals surface area (Å²) in [4.78, 5) is 22.7. The van der Waals surface area contributed by atoms with Crippen LogP contribution in [-0.4, -0.2) is 25.5 Å². The van der Waals surface area contributed by atoms with Crippen molar-refractivity contribution in [2.45, 2.75) is 13.8 Å². The van der Waals surface area contributed by atoms with Gasteiger partial charge in [-0.3, -0.25) is 9.59 Å². The summed E-state index contributed by atoms with van der Waals surface area (Å²) in [5, 5.41) is 2.57. The lowest BCUT2D eigenvalue weighted by Crippen LogP contribution is -2.39. The number of hydrogen-bond acceptors (Lipinski definition) is 3. The third-order valence-electron chi connectivity index (χ3n) is 1.82. The van der Waals surface area contributed by atoms with E-state index in [1.165, 1.54) is 7.11 Å². The van der Waals surface area contributed by atoms with Crippen molar-refractivity contribution < 1.29 is 14.3 Å². The first kappa shape index (κ1) is 12.7. The van der Waals surface area contributed by atoms with Gasteiger partial charge in [0.2, 0.25) is 5.91 Å². The molecule has 1 atom stereocenters. The minimum Gasteiger partial charge on any atom is -0.468 e. The van der Waals surface area contributed by atoms with E-state index in [-0.39, 0.29) is 11.8 Å². The van der Waals surface area contributed by atoms with Gasteiger partial charge >= 0.3 is 5.97 Å². The molecule has 0 aromatic heterocycles. The highest BCUT2D eigenvalue weighted by Gasteiger charge is 2.30. The fraction of sp³-hybridized carbons (Fsp3) is 0.600. The van der Waals surface area contributed by atoms with Crippen molar-refractivity contribution in [1.82, 2.24) is 5.32 Å². The fourth-order valence-electron chi connectivity index (χ4n) is 1.09. The summed E-state index contributed by atoms with van der Waals surface area (Å²) in [6.07, 6.45) is 1.56. The molecular weight excluding hydrogens is 182 g/mol. The largest absolute Gasteiger partial charge is 0.468 e. The van der Waals surface area contributed by atoms with E-state index >= 15 is 0 Å². The Morgan fingerprint density at radius 2 is 2.07 bits per heavy atom. The van der Waals surface area contributed by atoms with Crippen molar-refractivity contribution >= 4 is 11.9 Å². The van der Waals surface area contributed by atoms with Gasteiger partial charge < -0.3 is 10.1 Å². The molecule has 4 heteroatoms. The summed E-state index contributed by atoms with van der Waals surface area (Å²) in [5.41, 5.74) is 0. The van der Waals surface area contributed by atoms with Crippen LogP contribution >= 0.6 is 0 Å². The molecule has 0 aliphatic carbocycles. The van der Waals surface area contributed by atoms with Crippen LogP contribution < -0.4 is 5.32 Å². The van der Waals surface area contributed by atoms with Crippen molar-refractivity contribution in [3.8, 4) is 0 Å². The molecule has 0 aromatic carbocycles. The quantitative estimate of drug-likeness (QED) is 0.403. The van der Waals surface area contributed by atoms with Gasteiger partial charge in [-0.25, -0.2) is 0 Å². The standard InChI is InChI=1S/C10H17NO3/c1-5-6-11-9(12)8(7(2)3)10(13)14-4/h5,7-8H,1,6H2,2-4H3,(H,11,12). The molecule has 0 radical (unpaired) electrons. The van der Waals surface area contributed by atoms with Crippen molar-refractivity contribution in [3.63, 3.8) is 0 Å². The molecule has 0 rings (SSSR count). The van der Waals surface area contributed by atoms with Gasteiger partial charge in [-0.1, -0.05) is 19.9 Å². The van der Waals surface area contributed by atoms with Crippen LogP contribution in [0.4, 0.5) is 0 Å². The Bertz CT molecular complexity index is 223. The summed E-state index contributed by atoms with van der Waals surface area (Å²) in [5.74, 6) is -1.62. The second kappa shape index (κ2) is 6.18. The Morgan fingerprint density at radius 1 is 1.50 bits per heavy atom. The zero-order valence-electron chi connectivity index (χ0n) is 8.87. The second-order valence-corrected chi connectivity index (χ2v) is 3.28. The lowest BCUT2D eigenvalue weighted by Gasteiger charge is -2.16. The van der Waals surface area contributed by atoms with Crippen LogP contribution in [0.2, 0.25) is 0 Å². The van der Waals surface area contributed by atoms with Gasteiger partial charge in [0.25, 0.3) is 0 Å². The molecule has 0 aliphatic heterocycles. The maximum absolute atomic E-state index is 11.5. The number of esters is 1. The molecule has 14 heavy (non-hydrogen) atoms. The molecule has 0 fully saturated rings. The van der Waals surface area contributed by atoms with Crippen LogP contribution in [0.25, 0.3) is 0 Å². The van der Waals surface area contributed by atoms with Crippen molar-refractivity contribution in [2.24, 2.45) is 11.8 Å². The van der Waals surface area contributed by atoms with Crippen LogP contribution in [0.3, 0.4) is 0 Å². The van der Waals surface area contributed by atoms with E-state index in [2.05, 4.69) is 16.6 Å². The molecule has 0 spiro atoms. The summed E-state index contributed by atoms with van der Waals surface area (Å²) in [6.45, 7) is 7.43. The minimum atomic E-state index is -0.736.